The molecule has 210 valence electrons. The molecule has 2 saturated carbocycles. The lowest BCUT2D eigenvalue weighted by Gasteiger charge is -2.32. The number of aliphatic hydroxyl groups excluding tert-OH is 1. The highest BCUT2D eigenvalue weighted by Gasteiger charge is 2.43. The highest BCUT2D eigenvalue weighted by Crippen LogP contribution is 2.45. The van der Waals surface area contributed by atoms with Crippen molar-refractivity contribution in [2.45, 2.75) is 75.2 Å². The molecule has 2 N–H and O–H groups in total. The number of imidazole rings is 1. The topological polar surface area (TPSA) is 101 Å². The maximum absolute atomic E-state index is 13.1. The van der Waals surface area contributed by atoms with Gasteiger partial charge in [0, 0.05) is 18.2 Å². The predicted octanol–water partition coefficient (Wildman–Crippen LogP) is 5.50. The van der Waals surface area contributed by atoms with Crippen LogP contribution in [-0.2, 0) is 16.4 Å². The van der Waals surface area contributed by atoms with Crippen LogP contribution >= 0.6 is 0 Å². The summed E-state index contributed by atoms with van der Waals surface area (Å²) in [6, 6.07) is 11.7. The maximum atomic E-state index is 13.1. The standard InChI is InChI=1S/C28H32F3N3O4S/c1-2-39(37,38)22-12-3-17(4-13-22)16-32-27(36)19-7-14-24-23(15-19)33-26(34(24)21-10-11-21)25(35)18-5-8-20(9-6-18)28(29,30)31/h3-4,7,12-15,18,20-21,25,35H,2,5-6,8-11,16H2,1H3,(H,32,36). The van der Waals surface area contributed by atoms with Crippen LogP contribution in [0.4, 0.5) is 13.2 Å². The van der Waals surface area contributed by atoms with Gasteiger partial charge in [0.05, 0.1) is 27.6 Å². The van der Waals surface area contributed by atoms with Crippen LogP contribution in [0.5, 0.6) is 0 Å². The molecule has 5 rings (SSSR count). The fraction of sp³-hybridized carbons (Fsp3) is 0.500. The number of hydrogen-bond donors (Lipinski definition) is 2. The van der Waals surface area contributed by atoms with Crippen LogP contribution < -0.4 is 5.32 Å². The van der Waals surface area contributed by atoms with Gasteiger partial charge in [-0.05, 0) is 80.3 Å². The van der Waals surface area contributed by atoms with Crippen molar-refractivity contribution in [3.8, 4) is 0 Å². The SMILES string of the molecule is CCS(=O)(=O)c1ccc(CNC(=O)c2ccc3c(c2)nc(C(O)C2CCC(C(F)(F)F)CC2)n3C2CC2)cc1. The number of aromatic nitrogens is 2. The molecular weight excluding hydrogens is 531 g/mol. The minimum atomic E-state index is -4.20. The fourth-order valence-electron chi connectivity index (χ4n) is 5.42. The van der Waals surface area contributed by atoms with Crippen molar-refractivity contribution in [3.05, 3.63) is 59.4 Å². The molecule has 3 aromatic rings. The zero-order valence-corrected chi connectivity index (χ0v) is 22.4. The summed E-state index contributed by atoms with van der Waals surface area (Å²) in [6.07, 6.45) is -2.70. The molecule has 7 nitrogen and oxygen atoms in total. The summed E-state index contributed by atoms with van der Waals surface area (Å²) in [5.41, 5.74) is 2.49. The quantitative estimate of drug-likeness (QED) is 0.377. The van der Waals surface area contributed by atoms with Gasteiger partial charge in [-0.15, -0.1) is 0 Å². The number of hydrogen-bond acceptors (Lipinski definition) is 5. The highest BCUT2D eigenvalue weighted by atomic mass is 32.2. The first-order valence-electron chi connectivity index (χ1n) is 13.3. The summed E-state index contributed by atoms with van der Waals surface area (Å²) in [4.78, 5) is 17.8. The fourth-order valence-corrected chi connectivity index (χ4v) is 6.31. The molecular formula is C28H32F3N3O4S. The van der Waals surface area contributed by atoms with Gasteiger partial charge in [-0.3, -0.25) is 4.79 Å². The number of rotatable bonds is 8. The lowest BCUT2D eigenvalue weighted by molar-refractivity contribution is -0.186. The van der Waals surface area contributed by atoms with Crippen LogP contribution in [0, 0.1) is 11.8 Å². The first-order valence-corrected chi connectivity index (χ1v) is 15.0. The van der Waals surface area contributed by atoms with E-state index >= 15 is 0 Å². The Morgan fingerprint density at radius 1 is 1.08 bits per heavy atom. The summed E-state index contributed by atoms with van der Waals surface area (Å²) in [6.45, 7) is 1.80. The molecule has 1 atom stereocenters. The molecule has 1 amide bonds. The van der Waals surface area contributed by atoms with Gasteiger partial charge in [-0.2, -0.15) is 13.2 Å². The minimum absolute atomic E-state index is 0.0103. The molecule has 2 fully saturated rings. The second kappa shape index (κ2) is 10.6. The van der Waals surface area contributed by atoms with Crippen molar-refractivity contribution < 1.29 is 31.5 Å². The second-order valence-electron chi connectivity index (χ2n) is 10.6. The zero-order chi connectivity index (χ0) is 27.9. The third kappa shape index (κ3) is 5.84. The van der Waals surface area contributed by atoms with E-state index in [0.29, 0.717) is 16.9 Å². The third-order valence-electron chi connectivity index (χ3n) is 7.95. The van der Waals surface area contributed by atoms with Crippen LogP contribution in [0.1, 0.15) is 79.3 Å². The number of sulfone groups is 1. The predicted molar refractivity (Wildman–Crippen MR) is 140 cm³/mol. The molecule has 0 aliphatic heterocycles. The number of nitrogens with one attached hydrogen (secondary N) is 1. The molecule has 0 bridgehead atoms. The second-order valence-corrected chi connectivity index (χ2v) is 12.9. The molecule has 0 spiro atoms. The molecule has 1 heterocycles. The van der Waals surface area contributed by atoms with E-state index in [1.807, 2.05) is 4.57 Å². The van der Waals surface area contributed by atoms with Crippen LogP contribution in [0.2, 0.25) is 0 Å². The van der Waals surface area contributed by atoms with E-state index in [1.54, 1.807) is 37.3 Å². The monoisotopic (exact) mass is 563 g/mol. The summed E-state index contributed by atoms with van der Waals surface area (Å²) < 4.78 is 65.3. The van der Waals surface area contributed by atoms with Gasteiger partial charge >= 0.3 is 6.18 Å². The maximum Gasteiger partial charge on any atom is 0.391 e. The largest absolute Gasteiger partial charge is 0.391 e. The van der Waals surface area contributed by atoms with E-state index in [9.17, 15) is 31.5 Å². The Hall–Kier alpha value is -2.92. The van der Waals surface area contributed by atoms with Crippen molar-refractivity contribution in [1.29, 1.82) is 0 Å². The Morgan fingerprint density at radius 2 is 1.74 bits per heavy atom. The van der Waals surface area contributed by atoms with Gasteiger partial charge < -0.3 is 15.0 Å². The Bertz CT molecular complexity index is 1460. The van der Waals surface area contributed by atoms with Gasteiger partial charge in [0.15, 0.2) is 9.84 Å². The number of carbonyl (C=O) groups excluding carboxylic acids is 1. The number of alkyl halides is 3. The van der Waals surface area contributed by atoms with Crippen molar-refractivity contribution >= 4 is 26.8 Å². The number of amides is 1. The summed E-state index contributed by atoms with van der Waals surface area (Å²) >= 11 is 0. The van der Waals surface area contributed by atoms with Gasteiger partial charge in [-0.1, -0.05) is 19.1 Å². The summed E-state index contributed by atoms with van der Waals surface area (Å²) in [5.74, 6) is -1.45. The van der Waals surface area contributed by atoms with Crippen molar-refractivity contribution in [3.63, 3.8) is 0 Å². The zero-order valence-electron chi connectivity index (χ0n) is 21.6. The lowest BCUT2D eigenvalue weighted by atomic mass is 9.79. The van der Waals surface area contributed by atoms with Gasteiger partial charge in [0.25, 0.3) is 5.91 Å². The molecule has 39 heavy (non-hydrogen) atoms. The molecule has 2 aromatic carbocycles. The smallest absolute Gasteiger partial charge is 0.385 e. The Kier molecular flexibility index (Phi) is 7.49. The van der Waals surface area contributed by atoms with Crippen molar-refractivity contribution in [2.75, 3.05) is 5.75 Å². The molecule has 1 aromatic heterocycles. The van der Waals surface area contributed by atoms with Crippen molar-refractivity contribution in [2.24, 2.45) is 11.8 Å². The number of fused-ring (bicyclic) bond motifs is 1. The first kappa shape index (κ1) is 27.6. The normalized spacial score (nSPS) is 21.2. The first-order chi connectivity index (χ1) is 18.5. The van der Waals surface area contributed by atoms with E-state index in [1.165, 1.54) is 12.1 Å². The van der Waals surface area contributed by atoms with Crippen molar-refractivity contribution in [1.82, 2.24) is 14.9 Å². The number of carbonyl (C=O) groups is 1. The third-order valence-corrected chi connectivity index (χ3v) is 9.70. The number of halogens is 3. The van der Waals surface area contributed by atoms with E-state index in [2.05, 4.69) is 10.3 Å². The minimum Gasteiger partial charge on any atom is -0.385 e. The molecule has 0 radical (unpaired) electrons. The number of benzene rings is 2. The van der Waals surface area contributed by atoms with E-state index in [0.717, 1.165) is 23.9 Å². The molecule has 2 aliphatic carbocycles. The van der Waals surface area contributed by atoms with Crippen LogP contribution in [0.3, 0.4) is 0 Å². The molecule has 2 aliphatic rings. The van der Waals surface area contributed by atoms with Crippen LogP contribution in [0.25, 0.3) is 11.0 Å². The van der Waals surface area contributed by atoms with Crippen LogP contribution in [0.15, 0.2) is 47.4 Å². The van der Waals surface area contributed by atoms with Gasteiger partial charge in [0.1, 0.15) is 11.9 Å². The Balaban J connectivity index is 1.30. The molecule has 0 saturated heterocycles. The van der Waals surface area contributed by atoms with Gasteiger partial charge in [-0.25, -0.2) is 13.4 Å². The highest BCUT2D eigenvalue weighted by molar-refractivity contribution is 7.91. The van der Waals surface area contributed by atoms with E-state index in [4.69, 9.17) is 0 Å². The molecule has 1 unspecified atom stereocenters. The number of aliphatic hydroxyl groups is 1. The number of nitrogens with zero attached hydrogens (tertiary/aromatic N) is 2. The molecule has 11 heteroatoms. The average molecular weight is 564 g/mol. The van der Waals surface area contributed by atoms with E-state index in [-0.39, 0.29) is 60.7 Å². The van der Waals surface area contributed by atoms with E-state index < -0.39 is 28.0 Å². The Labute approximate surface area is 225 Å². The lowest BCUT2D eigenvalue weighted by Crippen LogP contribution is -2.30. The average Bonchev–Trinajstić information content (AvgIpc) is 3.70. The van der Waals surface area contributed by atoms with Crippen LogP contribution in [-0.4, -0.2) is 40.9 Å². The summed E-state index contributed by atoms with van der Waals surface area (Å²) in [5, 5.41) is 14.0. The summed E-state index contributed by atoms with van der Waals surface area (Å²) in [7, 11) is -3.29. The Morgan fingerprint density at radius 3 is 2.33 bits per heavy atom. The van der Waals surface area contributed by atoms with Gasteiger partial charge in [0.2, 0.25) is 0 Å².